The first kappa shape index (κ1) is 14.4. The molecule has 1 aromatic carbocycles. The number of hydrogen-bond donors (Lipinski definition) is 1. The summed E-state index contributed by atoms with van der Waals surface area (Å²) in [6.45, 7) is 8.09. The van der Waals surface area contributed by atoms with E-state index in [4.69, 9.17) is 0 Å². The summed E-state index contributed by atoms with van der Waals surface area (Å²) in [5.41, 5.74) is 1.28. The predicted molar refractivity (Wildman–Crippen MR) is 79.4 cm³/mol. The van der Waals surface area contributed by atoms with Gasteiger partial charge in [-0.15, -0.1) is 0 Å². The molecule has 0 saturated carbocycles. The maximum atomic E-state index is 9.36. The Morgan fingerprint density at radius 1 is 1.26 bits per heavy atom. The molecule has 0 amide bonds. The molecular formula is C16H26N2O. The Hall–Kier alpha value is -1.06. The van der Waals surface area contributed by atoms with Crippen molar-refractivity contribution in [1.82, 2.24) is 9.80 Å². The molecule has 0 radical (unpaired) electrons. The molecule has 1 aliphatic heterocycles. The fraction of sp³-hybridized carbons (Fsp3) is 0.625. The highest BCUT2D eigenvalue weighted by Crippen LogP contribution is 2.26. The van der Waals surface area contributed by atoms with Crippen molar-refractivity contribution in [2.75, 3.05) is 26.7 Å². The average Bonchev–Trinajstić information content (AvgIpc) is 2.46. The first-order chi connectivity index (χ1) is 9.11. The molecule has 1 unspecified atom stereocenters. The number of hydrogen-bond acceptors (Lipinski definition) is 3. The van der Waals surface area contributed by atoms with Gasteiger partial charge in [-0.05, 0) is 64.1 Å². The van der Waals surface area contributed by atoms with Crippen molar-refractivity contribution in [3.8, 4) is 5.75 Å². The highest BCUT2D eigenvalue weighted by Gasteiger charge is 2.25. The summed E-state index contributed by atoms with van der Waals surface area (Å²) in [5, 5.41) is 9.36. The van der Waals surface area contributed by atoms with Gasteiger partial charge < -0.3 is 10.0 Å². The van der Waals surface area contributed by atoms with E-state index in [1.54, 1.807) is 12.1 Å². The van der Waals surface area contributed by atoms with Crippen LogP contribution in [0.3, 0.4) is 0 Å². The second-order valence-electron chi connectivity index (χ2n) is 5.60. The molecule has 106 valence electrons. The lowest BCUT2D eigenvalue weighted by molar-refractivity contribution is 0.104. The third-order valence-corrected chi connectivity index (χ3v) is 4.57. The number of phenols is 1. The van der Waals surface area contributed by atoms with Gasteiger partial charge in [0.15, 0.2) is 0 Å². The van der Waals surface area contributed by atoms with Gasteiger partial charge in [0.1, 0.15) is 5.75 Å². The van der Waals surface area contributed by atoms with E-state index in [0.717, 1.165) is 0 Å². The number of aromatic hydroxyl groups is 1. The van der Waals surface area contributed by atoms with Crippen LogP contribution in [0.4, 0.5) is 0 Å². The number of piperidine rings is 1. The van der Waals surface area contributed by atoms with Gasteiger partial charge in [0, 0.05) is 12.1 Å². The summed E-state index contributed by atoms with van der Waals surface area (Å²) in [4.78, 5) is 5.01. The first-order valence-corrected chi connectivity index (χ1v) is 7.35. The van der Waals surface area contributed by atoms with Crippen molar-refractivity contribution < 1.29 is 5.11 Å². The van der Waals surface area contributed by atoms with E-state index in [-0.39, 0.29) is 0 Å². The van der Waals surface area contributed by atoms with Crippen molar-refractivity contribution in [3.05, 3.63) is 29.8 Å². The largest absolute Gasteiger partial charge is 0.508 e. The fourth-order valence-corrected chi connectivity index (χ4v) is 2.95. The molecule has 0 spiro atoms. The summed E-state index contributed by atoms with van der Waals surface area (Å²) in [7, 11) is 2.23. The molecule has 0 aromatic heterocycles. The Balaban J connectivity index is 1.95. The lowest BCUT2D eigenvalue weighted by atomic mass is 9.99. The molecule has 3 heteroatoms. The Morgan fingerprint density at radius 2 is 1.84 bits per heavy atom. The number of likely N-dealkylation sites (tertiary alicyclic amines) is 1. The van der Waals surface area contributed by atoms with Crippen LogP contribution in [0.5, 0.6) is 5.75 Å². The van der Waals surface area contributed by atoms with Gasteiger partial charge in [0.25, 0.3) is 0 Å². The molecule has 0 bridgehead atoms. The van der Waals surface area contributed by atoms with Crippen LogP contribution >= 0.6 is 0 Å². The number of phenolic OH excluding ortho intramolecular Hbond substituents is 1. The summed E-state index contributed by atoms with van der Waals surface area (Å²) >= 11 is 0. The molecule has 1 heterocycles. The quantitative estimate of drug-likeness (QED) is 0.904. The maximum absolute atomic E-state index is 9.36. The van der Waals surface area contributed by atoms with Crippen LogP contribution in [0.15, 0.2) is 24.3 Å². The smallest absolute Gasteiger partial charge is 0.115 e. The topological polar surface area (TPSA) is 26.7 Å². The van der Waals surface area contributed by atoms with Gasteiger partial charge in [0.2, 0.25) is 0 Å². The van der Waals surface area contributed by atoms with E-state index in [1.165, 1.54) is 38.0 Å². The van der Waals surface area contributed by atoms with Gasteiger partial charge >= 0.3 is 0 Å². The van der Waals surface area contributed by atoms with Gasteiger partial charge in [-0.1, -0.05) is 19.1 Å². The summed E-state index contributed by atoms with van der Waals surface area (Å²) < 4.78 is 0. The number of nitrogens with zero attached hydrogens (tertiary/aromatic N) is 2. The molecule has 1 atom stereocenters. The highest BCUT2D eigenvalue weighted by atomic mass is 16.3. The number of benzene rings is 1. The van der Waals surface area contributed by atoms with E-state index < -0.39 is 0 Å². The highest BCUT2D eigenvalue weighted by molar-refractivity contribution is 5.27. The van der Waals surface area contributed by atoms with Crippen molar-refractivity contribution >= 4 is 0 Å². The lowest BCUT2D eigenvalue weighted by Crippen LogP contribution is -2.44. The van der Waals surface area contributed by atoms with Crippen molar-refractivity contribution in [2.45, 2.75) is 38.8 Å². The third kappa shape index (κ3) is 3.48. The van der Waals surface area contributed by atoms with Crippen molar-refractivity contribution in [3.63, 3.8) is 0 Å². The van der Waals surface area contributed by atoms with E-state index in [2.05, 4.69) is 30.7 Å². The van der Waals surface area contributed by atoms with Crippen LogP contribution in [-0.2, 0) is 0 Å². The van der Waals surface area contributed by atoms with Crippen LogP contribution < -0.4 is 0 Å². The zero-order valence-electron chi connectivity index (χ0n) is 12.3. The second kappa shape index (κ2) is 6.40. The van der Waals surface area contributed by atoms with Gasteiger partial charge in [-0.25, -0.2) is 0 Å². The van der Waals surface area contributed by atoms with Crippen LogP contribution in [-0.4, -0.2) is 47.6 Å². The standard InChI is InChI=1S/C16H26N2O/c1-4-18-11-9-15(10-12-18)17(3)13(2)14-5-7-16(19)8-6-14/h5-8,13,15,19H,4,9-12H2,1-3H3. The molecule has 19 heavy (non-hydrogen) atoms. The maximum Gasteiger partial charge on any atom is 0.115 e. The SMILES string of the molecule is CCN1CCC(N(C)C(C)c2ccc(O)cc2)CC1. The third-order valence-electron chi connectivity index (χ3n) is 4.57. The van der Waals surface area contributed by atoms with Crippen molar-refractivity contribution in [2.24, 2.45) is 0 Å². The van der Waals surface area contributed by atoms with Gasteiger partial charge in [-0.2, -0.15) is 0 Å². The van der Waals surface area contributed by atoms with E-state index >= 15 is 0 Å². The average molecular weight is 262 g/mol. The minimum atomic E-state index is 0.342. The molecule has 1 aromatic rings. The molecule has 1 saturated heterocycles. The van der Waals surface area contributed by atoms with Crippen LogP contribution in [0, 0.1) is 0 Å². The molecule has 1 N–H and O–H groups in total. The summed E-state index contributed by atoms with van der Waals surface area (Å²) in [6, 6.07) is 8.68. The van der Waals surface area contributed by atoms with Crippen molar-refractivity contribution in [1.29, 1.82) is 0 Å². The lowest BCUT2D eigenvalue weighted by Gasteiger charge is -2.39. The second-order valence-corrected chi connectivity index (χ2v) is 5.60. The normalized spacial score (nSPS) is 19.8. The molecule has 3 nitrogen and oxygen atoms in total. The number of rotatable bonds is 4. The van der Waals surface area contributed by atoms with E-state index in [9.17, 15) is 5.11 Å². The minimum absolute atomic E-state index is 0.342. The van der Waals surface area contributed by atoms with Gasteiger partial charge in [-0.3, -0.25) is 4.90 Å². The first-order valence-electron chi connectivity index (χ1n) is 7.35. The van der Waals surface area contributed by atoms with E-state index in [1.807, 2.05) is 12.1 Å². The Morgan fingerprint density at radius 3 is 2.37 bits per heavy atom. The summed E-state index contributed by atoms with van der Waals surface area (Å²) in [6.07, 6.45) is 2.51. The molecule has 2 rings (SSSR count). The zero-order chi connectivity index (χ0) is 13.8. The monoisotopic (exact) mass is 262 g/mol. The van der Waals surface area contributed by atoms with Gasteiger partial charge in [0.05, 0.1) is 0 Å². The minimum Gasteiger partial charge on any atom is -0.508 e. The Labute approximate surface area is 116 Å². The van der Waals surface area contributed by atoms with Crippen LogP contribution in [0.25, 0.3) is 0 Å². The van der Waals surface area contributed by atoms with Crippen LogP contribution in [0.2, 0.25) is 0 Å². The Bertz CT molecular complexity index is 382. The van der Waals surface area contributed by atoms with Crippen LogP contribution in [0.1, 0.15) is 38.3 Å². The predicted octanol–water partition coefficient (Wildman–Crippen LogP) is 2.87. The molecule has 0 aliphatic carbocycles. The molecular weight excluding hydrogens is 236 g/mol. The molecule has 1 fully saturated rings. The zero-order valence-corrected chi connectivity index (χ0v) is 12.3. The van der Waals surface area contributed by atoms with E-state index in [0.29, 0.717) is 17.8 Å². The summed E-state index contributed by atoms with van der Waals surface area (Å²) in [5.74, 6) is 0.342. The Kier molecular flexibility index (Phi) is 4.83. The molecule has 1 aliphatic rings. The fourth-order valence-electron chi connectivity index (χ4n) is 2.95.